The molecule has 0 aromatic heterocycles. The lowest BCUT2D eigenvalue weighted by atomic mass is 9.82. The zero-order valence-corrected chi connectivity index (χ0v) is 11.2. The van der Waals surface area contributed by atoms with Crippen molar-refractivity contribution in [1.29, 1.82) is 0 Å². The van der Waals surface area contributed by atoms with Gasteiger partial charge in [-0.3, -0.25) is 9.52 Å². The molecule has 0 saturated heterocycles. The van der Waals surface area contributed by atoms with Gasteiger partial charge in [-0.15, -0.1) is 0 Å². The van der Waals surface area contributed by atoms with Crippen molar-refractivity contribution >= 4 is 15.9 Å². The number of benzene rings is 1. The molecule has 1 aromatic rings. The van der Waals surface area contributed by atoms with Gasteiger partial charge in [0.1, 0.15) is 0 Å². The normalized spacial score (nSPS) is 19.1. The highest BCUT2D eigenvalue weighted by atomic mass is 32.2. The maximum atomic E-state index is 11.5. The van der Waals surface area contributed by atoms with Crippen molar-refractivity contribution in [2.45, 2.75) is 25.7 Å². The third-order valence-corrected chi connectivity index (χ3v) is 3.82. The number of carbonyl (C=O) groups is 1. The molecule has 0 fully saturated rings. The maximum Gasteiger partial charge on any atom is 0.233 e. The Bertz CT molecular complexity index is 551. The second kappa shape index (κ2) is 5.10. The molecule has 98 valence electrons. The van der Waals surface area contributed by atoms with Crippen LogP contribution in [0, 0.1) is 5.92 Å². The largest absolute Gasteiger partial charge is 0.274 e. The van der Waals surface area contributed by atoms with E-state index in [1.165, 1.54) is 11.1 Å². The van der Waals surface area contributed by atoms with Crippen molar-refractivity contribution in [2.75, 3.05) is 6.26 Å². The number of aryl methyl sites for hydroxylation is 1. The summed E-state index contributed by atoms with van der Waals surface area (Å²) < 4.78 is 23.9. The molecule has 1 aliphatic carbocycles. The molecule has 0 aliphatic heterocycles. The van der Waals surface area contributed by atoms with Gasteiger partial charge in [0.2, 0.25) is 15.9 Å². The second-order valence-corrected chi connectivity index (χ2v) is 6.63. The van der Waals surface area contributed by atoms with Gasteiger partial charge < -0.3 is 0 Å². The molecule has 1 atom stereocenters. The van der Waals surface area contributed by atoms with E-state index in [9.17, 15) is 13.2 Å². The SMILES string of the molecule is CS(=O)(=O)NC(=O)CC1CCc2ccccc2C1. The molecule has 1 aliphatic rings. The molecule has 5 heteroatoms. The van der Waals surface area contributed by atoms with Crippen molar-refractivity contribution < 1.29 is 13.2 Å². The van der Waals surface area contributed by atoms with E-state index in [1.807, 2.05) is 16.9 Å². The van der Waals surface area contributed by atoms with Crippen LogP contribution in [0.5, 0.6) is 0 Å². The number of fused-ring (bicyclic) bond motifs is 1. The van der Waals surface area contributed by atoms with Crippen molar-refractivity contribution in [3.63, 3.8) is 0 Å². The summed E-state index contributed by atoms with van der Waals surface area (Å²) in [5, 5.41) is 0. The molecule has 0 radical (unpaired) electrons. The average molecular weight is 267 g/mol. The van der Waals surface area contributed by atoms with E-state index >= 15 is 0 Å². The number of hydrogen-bond donors (Lipinski definition) is 1. The molecule has 18 heavy (non-hydrogen) atoms. The van der Waals surface area contributed by atoms with Crippen LogP contribution in [0.25, 0.3) is 0 Å². The summed E-state index contributed by atoms with van der Waals surface area (Å²) in [7, 11) is -3.43. The molecular weight excluding hydrogens is 250 g/mol. The van der Waals surface area contributed by atoms with Crippen LogP contribution in [0.3, 0.4) is 0 Å². The standard InChI is InChI=1S/C13H17NO3S/c1-18(16,17)14-13(15)9-10-6-7-11-4-2-3-5-12(11)8-10/h2-5,10H,6-9H2,1H3,(H,14,15). The van der Waals surface area contributed by atoms with Crippen LogP contribution in [0.4, 0.5) is 0 Å². The highest BCUT2D eigenvalue weighted by Crippen LogP contribution is 2.27. The zero-order valence-electron chi connectivity index (χ0n) is 10.3. The second-order valence-electron chi connectivity index (χ2n) is 4.88. The molecule has 2 rings (SSSR count). The Kier molecular flexibility index (Phi) is 3.71. The highest BCUT2D eigenvalue weighted by molar-refractivity contribution is 7.89. The molecule has 1 amide bonds. The van der Waals surface area contributed by atoms with E-state index in [4.69, 9.17) is 0 Å². The number of amides is 1. The van der Waals surface area contributed by atoms with Gasteiger partial charge in [-0.2, -0.15) is 0 Å². The van der Waals surface area contributed by atoms with E-state index in [2.05, 4.69) is 12.1 Å². The van der Waals surface area contributed by atoms with Crippen LogP contribution in [0.15, 0.2) is 24.3 Å². The van der Waals surface area contributed by atoms with Crippen LogP contribution < -0.4 is 4.72 Å². The molecule has 0 heterocycles. The maximum absolute atomic E-state index is 11.5. The van der Waals surface area contributed by atoms with E-state index in [0.29, 0.717) is 0 Å². The number of carbonyl (C=O) groups excluding carboxylic acids is 1. The topological polar surface area (TPSA) is 63.2 Å². The highest BCUT2D eigenvalue weighted by Gasteiger charge is 2.21. The van der Waals surface area contributed by atoms with Crippen LogP contribution in [-0.2, 0) is 27.7 Å². The first kappa shape index (κ1) is 13.1. The minimum atomic E-state index is -3.43. The zero-order chi connectivity index (χ0) is 13.2. The number of sulfonamides is 1. The quantitative estimate of drug-likeness (QED) is 0.896. The van der Waals surface area contributed by atoms with Crippen molar-refractivity contribution in [2.24, 2.45) is 5.92 Å². The Morgan fingerprint density at radius 2 is 2.00 bits per heavy atom. The first-order valence-electron chi connectivity index (χ1n) is 6.01. The predicted octanol–water partition coefficient (Wildman–Crippen LogP) is 1.26. The van der Waals surface area contributed by atoms with Crippen molar-refractivity contribution in [3.05, 3.63) is 35.4 Å². The fourth-order valence-corrected chi connectivity index (χ4v) is 2.95. The first-order valence-corrected chi connectivity index (χ1v) is 7.90. The minimum Gasteiger partial charge on any atom is -0.274 e. The lowest BCUT2D eigenvalue weighted by Gasteiger charge is -2.23. The first-order chi connectivity index (χ1) is 8.44. The third kappa shape index (κ3) is 3.57. The summed E-state index contributed by atoms with van der Waals surface area (Å²) in [6.45, 7) is 0. The Morgan fingerprint density at radius 3 is 2.67 bits per heavy atom. The Labute approximate surface area is 107 Å². The lowest BCUT2D eigenvalue weighted by molar-refractivity contribution is -0.120. The number of hydrogen-bond acceptors (Lipinski definition) is 3. The number of rotatable bonds is 3. The summed E-state index contributed by atoms with van der Waals surface area (Å²) in [5.74, 6) is -0.163. The van der Waals surface area contributed by atoms with Crippen molar-refractivity contribution in [3.8, 4) is 0 Å². The van der Waals surface area contributed by atoms with Gasteiger partial charge in [0.05, 0.1) is 6.26 Å². The monoisotopic (exact) mass is 267 g/mol. The summed E-state index contributed by atoms with van der Waals surface area (Å²) in [5.41, 5.74) is 2.62. The van der Waals surface area contributed by atoms with Gasteiger partial charge in [-0.1, -0.05) is 24.3 Å². The summed E-state index contributed by atoms with van der Waals surface area (Å²) in [4.78, 5) is 11.5. The van der Waals surface area contributed by atoms with Crippen molar-refractivity contribution in [1.82, 2.24) is 4.72 Å². The smallest absolute Gasteiger partial charge is 0.233 e. The number of nitrogens with one attached hydrogen (secondary N) is 1. The molecule has 1 N–H and O–H groups in total. The molecular formula is C13H17NO3S. The Hall–Kier alpha value is -1.36. The molecule has 1 aromatic carbocycles. The Balaban J connectivity index is 1.96. The lowest BCUT2D eigenvalue weighted by Crippen LogP contribution is -2.31. The molecule has 1 unspecified atom stereocenters. The van der Waals surface area contributed by atoms with Gasteiger partial charge in [0.15, 0.2) is 0 Å². The minimum absolute atomic E-state index is 0.238. The van der Waals surface area contributed by atoms with Gasteiger partial charge >= 0.3 is 0 Å². The van der Waals surface area contributed by atoms with Crippen LogP contribution in [-0.4, -0.2) is 20.6 Å². The summed E-state index contributed by atoms with van der Waals surface area (Å²) in [6, 6.07) is 8.21. The fourth-order valence-electron chi connectivity index (χ4n) is 2.46. The predicted molar refractivity (Wildman–Crippen MR) is 69.6 cm³/mol. The average Bonchev–Trinajstić information content (AvgIpc) is 2.26. The van der Waals surface area contributed by atoms with E-state index < -0.39 is 15.9 Å². The van der Waals surface area contributed by atoms with E-state index in [1.54, 1.807) is 0 Å². The molecule has 0 bridgehead atoms. The van der Waals surface area contributed by atoms with Crippen LogP contribution in [0.2, 0.25) is 0 Å². The Morgan fingerprint density at radius 1 is 1.33 bits per heavy atom. The van der Waals surface area contributed by atoms with Gasteiger partial charge in [0, 0.05) is 6.42 Å². The van der Waals surface area contributed by atoms with Gasteiger partial charge in [-0.25, -0.2) is 8.42 Å². The van der Waals surface area contributed by atoms with Crippen LogP contribution >= 0.6 is 0 Å². The molecule has 0 saturated carbocycles. The molecule has 4 nitrogen and oxygen atoms in total. The summed E-state index contributed by atoms with van der Waals surface area (Å²) >= 11 is 0. The third-order valence-electron chi connectivity index (χ3n) is 3.22. The van der Waals surface area contributed by atoms with E-state index in [-0.39, 0.29) is 12.3 Å². The van der Waals surface area contributed by atoms with E-state index in [0.717, 1.165) is 25.5 Å². The fraction of sp³-hybridized carbons (Fsp3) is 0.462. The molecule has 0 spiro atoms. The summed E-state index contributed by atoms with van der Waals surface area (Å²) in [6.07, 6.45) is 4.04. The van der Waals surface area contributed by atoms with Gasteiger partial charge in [-0.05, 0) is 36.3 Å². The van der Waals surface area contributed by atoms with Gasteiger partial charge in [0.25, 0.3) is 0 Å². The van der Waals surface area contributed by atoms with Crippen LogP contribution in [0.1, 0.15) is 24.0 Å².